The molecule has 94 valence electrons. The Morgan fingerprint density at radius 2 is 2.00 bits per heavy atom. The summed E-state index contributed by atoms with van der Waals surface area (Å²) >= 11 is 0. The summed E-state index contributed by atoms with van der Waals surface area (Å²) in [5.74, 6) is 0. The molecule has 0 aliphatic carbocycles. The van der Waals surface area contributed by atoms with Crippen LogP contribution in [0.2, 0.25) is 0 Å². The van der Waals surface area contributed by atoms with E-state index in [-0.39, 0.29) is 0 Å². The molecule has 1 unspecified atom stereocenters. The Hall–Kier alpha value is -0.170. The van der Waals surface area contributed by atoms with Gasteiger partial charge in [-0.15, -0.1) is 0 Å². The molecule has 5 nitrogen and oxygen atoms in total. The number of hydrogen-bond acceptors (Lipinski definition) is 3. The normalized spacial score (nSPS) is 27.6. The molecule has 16 heavy (non-hydrogen) atoms. The molecule has 2 rings (SSSR count). The smallest absolute Gasteiger partial charge is 0.279 e. The van der Waals surface area contributed by atoms with E-state index in [0.29, 0.717) is 25.7 Å². The van der Waals surface area contributed by atoms with Crippen molar-refractivity contribution in [2.75, 3.05) is 26.2 Å². The van der Waals surface area contributed by atoms with Crippen LogP contribution in [0.1, 0.15) is 32.1 Å². The highest BCUT2D eigenvalue weighted by molar-refractivity contribution is 7.87. The molecule has 2 saturated heterocycles. The van der Waals surface area contributed by atoms with Crippen LogP contribution >= 0.6 is 0 Å². The van der Waals surface area contributed by atoms with Crippen molar-refractivity contribution in [3.63, 3.8) is 0 Å². The van der Waals surface area contributed by atoms with Crippen LogP contribution in [0.5, 0.6) is 0 Å². The maximum atomic E-state index is 11.8. The third kappa shape index (κ3) is 3.16. The number of hydrogen-bond donors (Lipinski definition) is 2. The zero-order chi connectivity index (χ0) is 11.4. The van der Waals surface area contributed by atoms with Crippen molar-refractivity contribution >= 4 is 10.2 Å². The number of rotatable bonds is 5. The van der Waals surface area contributed by atoms with Crippen molar-refractivity contribution in [2.45, 2.75) is 38.1 Å². The molecule has 0 bridgehead atoms. The second-order valence-corrected chi connectivity index (χ2v) is 6.34. The van der Waals surface area contributed by atoms with Gasteiger partial charge in [-0.1, -0.05) is 0 Å². The molecule has 0 saturated carbocycles. The van der Waals surface area contributed by atoms with Gasteiger partial charge >= 0.3 is 0 Å². The maximum Gasteiger partial charge on any atom is 0.279 e. The van der Waals surface area contributed by atoms with Gasteiger partial charge in [0.25, 0.3) is 10.2 Å². The summed E-state index contributed by atoms with van der Waals surface area (Å²) in [4.78, 5) is 0. The second-order valence-electron chi connectivity index (χ2n) is 4.59. The summed E-state index contributed by atoms with van der Waals surface area (Å²) in [6, 6.07) is 0.501. The second kappa shape index (κ2) is 5.44. The lowest BCUT2D eigenvalue weighted by Crippen LogP contribution is -2.40. The quantitative estimate of drug-likeness (QED) is 0.722. The minimum Gasteiger partial charge on any atom is -0.314 e. The Balaban J connectivity index is 1.71. The predicted molar refractivity (Wildman–Crippen MR) is 63.4 cm³/mol. The average molecular weight is 247 g/mol. The van der Waals surface area contributed by atoms with Crippen molar-refractivity contribution in [1.29, 1.82) is 0 Å². The fourth-order valence-electron chi connectivity index (χ4n) is 2.39. The first-order valence-electron chi connectivity index (χ1n) is 6.16. The van der Waals surface area contributed by atoms with E-state index in [1.807, 2.05) is 0 Å². The van der Waals surface area contributed by atoms with Gasteiger partial charge in [0.15, 0.2) is 0 Å². The fourth-order valence-corrected chi connectivity index (χ4v) is 3.68. The van der Waals surface area contributed by atoms with Crippen molar-refractivity contribution in [3.05, 3.63) is 0 Å². The Kier molecular flexibility index (Phi) is 4.18. The molecule has 0 radical (unpaired) electrons. The minimum atomic E-state index is -3.20. The third-order valence-corrected chi connectivity index (χ3v) is 4.96. The Morgan fingerprint density at radius 1 is 1.25 bits per heavy atom. The van der Waals surface area contributed by atoms with Crippen LogP contribution in [-0.2, 0) is 10.2 Å². The van der Waals surface area contributed by atoms with E-state index in [9.17, 15) is 8.42 Å². The number of nitrogens with zero attached hydrogens (tertiary/aromatic N) is 1. The first-order valence-corrected chi connectivity index (χ1v) is 7.60. The molecule has 0 amide bonds. The largest absolute Gasteiger partial charge is 0.314 e. The van der Waals surface area contributed by atoms with E-state index in [1.54, 1.807) is 4.31 Å². The van der Waals surface area contributed by atoms with Crippen LogP contribution in [0.25, 0.3) is 0 Å². The van der Waals surface area contributed by atoms with E-state index in [1.165, 1.54) is 12.8 Å². The minimum absolute atomic E-state index is 0.501. The molecular formula is C10H21N3O2S. The van der Waals surface area contributed by atoms with E-state index in [0.717, 1.165) is 25.8 Å². The Bertz CT molecular complexity index is 306. The zero-order valence-corrected chi connectivity index (χ0v) is 10.4. The molecule has 2 aliphatic rings. The molecule has 2 fully saturated rings. The molecule has 2 heterocycles. The van der Waals surface area contributed by atoms with E-state index in [4.69, 9.17) is 0 Å². The van der Waals surface area contributed by atoms with E-state index >= 15 is 0 Å². The van der Waals surface area contributed by atoms with Gasteiger partial charge in [0, 0.05) is 25.7 Å². The topological polar surface area (TPSA) is 61.4 Å². The van der Waals surface area contributed by atoms with Gasteiger partial charge in [0.05, 0.1) is 0 Å². The molecule has 0 aromatic carbocycles. The Morgan fingerprint density at radius 3 is 2.62 bits per heavy atom. The first kappa shape index (κ1) is 12.3. The first-order chi connectivity index (χ1) is 7.68. The fraction of sp³-hybridized carbons (Fsp3) is 1.00. The van der Waals surface area contributed by atoms with Crippen molar-refractivity contribution in [3.8, 4) is 0 Å². The van der Waals surface area contributed by atoms with Crippen molar-refractivity contribution < 1.29 is 8.42 Å². The highest BCUT2D eigenvalue weighted by Crippen LogP contribution is 2.12. The van der Waals surface area contributed by atoms with Crippen molar-refractivity contribution in [2.24, 2.45) is 0 Å². The van der Waals surface area contributed by atoms with Crippen LogP contribution in [0, 0.1) is 0 Å². The molecule has 1 atom stereocenters. The standard InChI is InChI=1S/C10H21N3O2S/c14-16(15,13-8-1-2-9-13)12-7-5-10-4-3-6-11-10/h10-12H,1-9H2. The van der Waals surface area contributed by atoms with Crippen LogP contribution in [0.4, 0.5) is 0 Å². The zero-order valence-electron chi connectivity index (χ0n) is 9.61. The maximum absolute atomic E-state index is 11.8. The monoisotopic (exact) mass is 247 g/mol. The van der Waals surface area contributed by atoms with Gasteiger partial charge in [-0.05, 0) is 38.6 Å². The highest BCUT2D eigenvalue weighted by Gasteiger charge is 2.24. The summed E-state index contributed by atoms with van der Waals surface area (Å²) in [7, 11) is -3.20. The van der Waals surface area contributed by atoms with Gasteiger partial charge in [0.2, 0.25) is 0 Å². The molecule has 0 aromatic heterocycles. The van der Waals surface area contributed by atoms with Crippen LogP contribution < -0.4 is 10.0 Å². The van der Waals surface area contributed by atoms with Crippen molar-refractivity contribution in [1.82, 2.24) is 14.3 Å². The lowest BCUT2D eigenvalue weighted by Gasteiger charge is -2.17. The van der Waals surface area contributed by atoms with E-state index in [2.05, 4.69) is 10.0 Å². The average Bonchev–Trinajstić information content (AvgIpc) is 2.90. The third-order valence-electron chi connectivity index (χ3n) is 3.34. The van der Waals surface area contributed by atoms with E-state index < -0.39 is 10.2 Å². The Labute approximate surface area is 97.8 Å². The highest BCUT2D eigenvalue weighted by atomic mass is 32.2. The SMILES string of the molecule is O=S(=O)(NCCC1CCCN1)N1CCCC1. The van der Waals surface area contributed by atoms with Gasteiger partial charge in [0.1, 0.15) is 0 Å². The van der Waals surface area contributed by atoms with Crippen LogP contribution in [-0.4, -0.2) is 44.9 Å². The summed E-state index contributed by atoms with van der Waals surface area (Å²) < 4.78 is 27.8. The molecule has 0 spiro atoms. The summed E-state index contributed by atoms with van der Waals surface area (Å²) in [6.45, 7) is 2.98. The van der Waals surface area contributed by atoms with Gasteiger partial charge < -0.3 is 5.32 Å². The molecule has 6 heteroatoms. The summed E-state index contributed by atoms with van der Waals surface area (Å²) in [5, 5.41) is 3.36. The lowest BCUT2D eigenvalue weighted by molar-refractivity contribution is 0.459. The lowest BCUT2D eigenvalue weighted by atomic mass is 10.2. The molecule has 2 N–H and O–H groups in total. The van der Waals surface area contributed by atoms with Gasteiger partial charge in [-0.25, -0.2) is 4.72 Å². The van der Waals surface area contributed by atoms with Crippen LogP contribution in [0.15, 0.2) is 0 Å². The molecule has 2 aliphatic heterocycles. The molecule has 0 aromatic rings. The summed E-state index contributed by atoms with van der Waals surface area (Å²) in [5.41, 5.74) is 0. The van der Waals surface area contributed by atoms with Gasteiger partial charge in [-0.3, -0.25) is 0 Å². The number of nitrogens with one attached hydrogen (secondary N) is 2. The van der Waals surface area contributed by atoms with Gasteiger partial charge in [-0.2, -0.15) is 12.7 Å². The molecular weight excluding hydrogens is 226 g/mol. The van der Waals surface area contributed by atoms with Crippen LogP contribution in [0.3, 0.4) is 0 Å². The summed E-state index contributed by atoms with van der Waals surface area (Å²) in [6.07, 6.45) is 5.26. The predicted octanol–water partition coefficient (Wildman–Crippen LogP) is 0.0587.